The lowest BCUT2D eigenvalue weighted by molar-refractivity contribution is -0.138. The molecule has 186 valence electrons. The normalized spacial score (nSPS) is 12.7. The number of nitrogens with one attached hydrogen (secondary N) is 1. The Morgan fingerprint density at radius 3 is 2.20 bits per heavy atom. The van der Waals surface area contributed by atoms with E-state index in [9.17, 15) is 22.8 Å². The van der Waals surface area contributed by atoms with Gasteiger partial charge in [0.1, 0.15) is 11.9 Å². The van der Waals surface area contributed by atoms with E-state index in [0.717, 1.165) is 22.6 Å². The second-order valence-corrected chi connectivity index (χ2v) is 9.05. The second kappa shape index (κ2) is 10.2. The molecule has 0 aliphatic carbocycles. The van der Waals surface area contributed by atoms with Gasteiger partial charge in [0.15, 0.2) is 0 Å². The molecule has 3 aromatic rings. The molecule has 1 amide bonds. The summed E-state index contributed by atoms with van der Waals surface area (Å²) in [6.45, 7) is 6.04. The van der Waals surface area contributed by atoms with E-state index < -0.39 is 17.7 Å². The lowest BCUT2D eigenvalue weighted by Crippen LogP contribution is -2.26. The number of hydrogen-bond donors (Lipinski definition) is 2. The van der Waals surface area contributed by atoms with Crippen LogP contribution < -0.4 is 10.1 Å². The van der Waals surface area contributed by atoms with Crippen molar-refractivity contribution in [3.63, 3.8) is 0 Å². The highest BCUT2D eigenvalue weighted by atomic mass is 19.4. The molecule has 0 aliphatic rings. The van der Waals surface area contributed by atoms with Crippen molar-refractivity contribution in [3.05, 3.63) is 77.6 Å². The number of alkyl halides is 3. The lowest BCUT2D eigenvalue weighted by atomic mass is 9.84. The Kier molecular flexibility index (Phi) is 7.52. The summed E-state index contributed by atoms with van der Waals surface area (Å²) in [6, 6.07) is 13.4. The zero-order valence-corrected chi connectivity index (χ0v) is 19.5. The van der Waals surface area contributed by atoms with Crippen LogP contribution in [0.3, 0.4) is 0 Å². The van der Waals surface area contributed by atoms with Gasteiger partial charge in [-0.05, 0) is 42.0 Å². The fourth-order valence-corrected chi connectivity index (χ4v) is 3.36. The third kappa shape index (κ3) is 6.84. The summed E-state index contributed by atoms with van der Waals surface area (Å²) in [5, 5.41) is 15.0. The van der Waals surface area contributed by atoms with E-state index in [1.807, 2.05) is 20.8 Å². The molecule has 7 nitrogen and oxygen atoms in total. The van der Waals surface area contributed by atoms with Crippen LogP contribution in [-0.4, -0.2) is 33.3 Å². The van der Waals surface area contributed by atoms with Crippen LogP contribution in [-0.2, 0) is 11.0 Å². The number of aromatic nitrogens is 2. The van der Waals surface area contributed by atoms with E-state index in [2.05, 4.69) is 10.4 Å². The van der Waals surface area contributed by atoms with Crippen molar-refractivity contribution in [1.82, 2.24) is 15.1 Å². The van der Waals surface area contributed by atoms with Crippen LogP contribution in [0.1, 0.15) is 54.8 Å². The quantitative estimate of drug-likeness (QED) is 0.450. The second-order valence-electron chi connectivity index (χ2n) is 9.05. The summed E-state index contributed by atoms with van der Waals surface area (Å²) in [6.07, 6.45) is -3.31. The number of amides is 1. The lowest BCUT2D eigenvalue weighted by Gasteiger charge is -2.31. The van der Waals surface area contributed by atoms with E-state index in [0.29, 0.717) is 17.0 Å². The Bertz CT molecular complexity index is 1160. The molecule has 0 aliphatic heterocycles. The highest BCUT2D eigenvalue weighted by molar-refractivity contribution is 5.94. The van der Waals surface area contributed by atoms with Crippen LogP contribution in [0.2, 0.25) is 0 Å². The van der Waals surface area contributed by atoms with Crippen LogP contribution in [0.5, 0.6) is 5.75 Å². The van der Waals surface area contributed by atoms with Gasteiger partial charge in [0.2, 0.25) is 0 Å². The number of rotatable bonds is 8. The average molecular weight is 489 g/mol. The van der Waals surface area contributed by atoms with Gasteiger partial charge in [-0.3, -0.25) is 9.59 Å². The van der Waals surface area contributed by atoms with Gasteiger partial charge in [-0.25, -0.2) is 4.68 Å². The van der Waals surface area contributed by atoms with E-state index in [1.165, 1.54) is 0 Å². The highest BCUT2D eigenvalue weighted by Gasteiger charge is 2.32. The van der Waals surface area contributed by atoms with Gasteiger partial charge in [0.25, 0.3) is 5.91 Å². The van der Waals surface area contributed by atoms with Crippen molar-refractivity contribution in [1.29, 1.82) is 0 Å². The topological polar surface area (TPSA) is 93.5 Å². The molecule has 1 unspecified atom stereocenters. The molecular formula is C25H26F3N3O4. The van der Waals surface area contributed by atoms with Gasteiger partial charge in [-0.2, -0.15) is 18.3 Å². The van der Waals surface area contributed by atoms with Crippen molar-refractivity contribution in [2.75, 3.05) is 6.54 Å². The molecule has 0 spiro atoms. The summed E-state index contributed by atoms with van der Waals surface area (Å²) >= 11 is 0. The first-order valence-corrected chi connectivity index (χ1v) is 10.8. The van der Waals surface area contributed by atoms with E-state index in [4.69, 9.17) is 9.84 Å². The molecule has 0 bridgehead atoms. The first-order valence-electron chi connectivity index (χ1n) is 10.8. The van der Waals surface area contributed by atoms with Gasteiger partial charge in [0, 0.05) is 23.7 Å². The maximum absolute atomic E-state index is 12.8. The van der Waals surface area contributed by atoms with Gasteiger partial charge >= 0.3 is 12.1 Å². The number of carboxylic acid groups (broad SMARTS) is 1. The molecule has 1 atom stereocenters. The van der Waals surface area contributed by atoms with E-state index in [-0.39, 0.29) is 30.4 Å². The van der Waals surface area contributed by atoms with E-state index in [1.54, 1.807) is 48.5 Å². The number of carboxylic acids is 1. The molecule has 0 fully saturated rings. The van der Waals surface area contributed by atoms with Crippen LogP contribution in [0.25, 0.3) is 5.69 Å². The molecule has 3 rings (SSSR count). The van der Waals surface area contributed by atoms with Gasteiger partial charge < -0.3 is 15.2 Å². The largest absolute Gasteiger partial charge is 0.485 e. The number of carbonyl (C=O) groups excluding carboxylic acids is 1. The summed E-state index contributed by atoms with van der Waals surface area (Å²) in [5.74, 6) is -0.837. The average Bonchev–Trinajstić information content (AvgIpc) is 3.28. The zero-order chi connectivity index (χ0) is 25.8. The molecule has 10 heteroatoms. The Hall–Kier alpha value is -3.82. The number of halogens is 3. The molecular weight excluding hydrogens is 463 g/mol. The molecule has 1 aromatic heterocycles. The standard InChI is InChI=1S/C25H26F3N3O4/c1-24(2,3)22(16-4-6-17(7-5-16)23(34)29-13-12-21(32)33)35-20-10-8-19(9-11-20)31-15-18(14-30-31)25(26,27)28/h4-11,14-15,22H,12-13H2,1-3H3,(H,29,34)(H,32,33). The van der Waals surface area contributed by atoms with Crippen LogP contribution in [0.4, 0.5) is 13.2 Å². The maximum atomic E-state index is 12.8. The summed E-state index contributed by atoms with van der Waals surface area (Å²) in [7, 11) is 0. The van der Waals surface area contributed by atoms with Crippen molar-refractivity contribution in [2.45, 2.75) is 39.5 Å². The Labute approximate surface area is 200 Å². The minimum absolute atomic E-state index is 0.0374. The Morgan fingerprint density at radius 2 is 1.69 bits per heavy atom. The number of carbonyl (C=O) groups is 2. The molecule has 2 N–H and O–H groups in total. The monoisotopic (exact) mass is 489 g/mol. The zero-order valence-electron chi connectivity index (χ0n) is 19.5. The minimum atomic E-state index is -4.46. The fraction of sp³-hybridized carbons (Fsp3) is 0.320. The summed E-state index contributed by atoms with van der Waals surface area (Å²) < 4.78 is 45.9. The van der Waals surface area contributed by atoms with Crippen LogP contribution >= 0.6 is 0 Å². The number of nitrogens with zero attached hydrogens (tertiary/aromatic N) is 2. The third-order valence-corrected chi connectivity index (χ3v) is 5.15. The third-order valence-electron chi connectivity index (χ3n) is 5.15. The first kappa shape index (κ1) is 25.8. The molecule has 1 heterocycles. The van der Waals surface area contributed by atoms with Gasteiger partial charge in [-0.1, -0.05) is 32.9 Å². The fourth-order valence-electron chi connectivity index (χ4n) is 3.36. The van der Waals surface area contributed by atoms with Gasteiger partial charge in [-0.15, -0.1) is 0 Å². The van der Waals surface area contributed by atoms with Crippen molar-refractivity contribution >= 4 is 11.9 Å². The van der Waals surface area contributed by atoms with E-state index >= 15 is 0 Å². The molecule has 2 aromatic carbocycles. The molecule has 0 saturated carbocycles. The number of hydrogen-bond acceptors (Lipinski definition) is 4. The van der Waals surface area contributed by atoms with Crippen molar-refractivity contribution in [3.8, 4) is 11.4 Å². The predicted molar refractivity (Wildman–Crippen MR) is 122 cm³/mol. The summed E-state index contributed by atoms with van der Waals surface area (Å²) in [4.78, 5) is 22.8. The predicted octanol–water partition coefficient (Wildman–Crippen LogP) is 5.26. The molecule has 0 saturated heterocycles. The van der Waals surface area contributed by atoms with Crippen molar-refractivity contribution < 1.29 is 32.6 Å². The number of aliphatic carboxylic acids is 1. The minimum Gasteiger partial charge on any atom is -0.485 e. The Morgan fingerprint density at radius 1 is 1.06 bits per heavy atom. The number of ether oxygens (including phenoxy) is 1. The highest BCUT2D eigenvalue weighted by Crippen LogP contribution is 2.37. The maximum Gasteiger partial charge on any atom is 0.419 e. The van der Waals surface area contributed by atoms with Crippen LogP contribution in [0.15, 0.2) is 60.9 Å². The first-order chi connectivity index (χ1) is 16.3. The smallest absolute Gasteiger partial charge is 0.419 e. The van der Waals surface area contributed by atoms with Crippen molar-refractivity contribution in [2.24, 2.45) is 5.41 Å². The number of benzene rings is 2. The van der Waals surface area contributed by atoms with Crippen LogP contribution in [0, 0.1) is 5.41 Å². The molecule has 0 radical (unpaired) electrons. The Balaban J connectivity index is 1.73. The summed E-state index contributed by atoms with van der Waals surface area (Å²) in [5.41, 5.74) is 0.523. The SMILES string of the molecule is CC(C)(C)C(Oc1ccc(-n2cc(C(F)(F)F)cn2)cc1)c1ccc(C(=O)NCCC(=O)O)cc1. The van der Waals surface area contributed by atoms with Gasteiger partial charge in [0.05, 0.1) is 23.9 Å². The molecule has 35 heavy (non-hydrogen) atoms.